The highest BCUT2D eigenvalue weighted by molar-refractivity contribution is 5.29. The molecule has 2 nitrogen and oxygen atoms in total. The Balaban J connectivity index is 1.59. The summed E-state index contributed by atoms with van der Waals surface area (Å²) in [4.78, 5) is 0. The van der Waals surface area contributed by atoms with Crippen molar-refractivity contribution in [1.29, 1.82) is 0 Å². The van der Waals surface area contributed by atoms with E-state index < -0.39 is 0 Å². The van der Waals surface area contributed by atoms with Gasteiger partial charge in [0.05, 0.1) is 6.26 Å². The first-order valence-electron chi connectivity index (χ1n) is 6.68. The largest absolute Gasteiger partial charge is 0.489 e. The van der Waals surface area contributed by atoms with Crippen LogP contribution in [0.25, 0.3) is 0 Å². The maximum absolute atomic E-state index is 5.76. The molecule has 1 aromatic heterocycles. The van der Waals surface area contributed by atoms with E-state index in [9.17, 15) is 0 Å². The molecule has 3 aromatic rings. The third kappa shape index (κ3) is 3.29. The van der Waals surface area contributed by atoms with Crippen LogP contribution in [0, 0.1) is 0 Å². The fourth-order valence-electron chi connectivity index (χ4n) is 2.06. The van der Waals surface area contributed by atoms with Gasteiger partial charge in [-0.3, -0.25) is 0 Å². The van der Waals surface area contributed by atoms with E-state index in [0.29, 0.717) is 6.61 Å². The fraction of sp³-hybridized carbons (Fsp3) is 0.111. The van der Waals surface area contributed by atoms with Gasteiger partial charge in [0.15, 0.2) is 0 Å². The first-order valence-corrected chi connectivity index (χ1v) is 6.68. The normalized spacial score (nSPS) is 10.4. The molecule has 0 spiro atoms. The van der Waals surface area contributed by atoms with Crippen molar-refractivity contribution in [3.8, 4) is 5.75 Å². The molecule has 100 valence electrons. The van der Waals surface area contributed by atoms with E-state index in [2.05, 4.69) is 24.3 Å². The van der Waals surface area contributed by atoms with Gasteiger partial charge >= 0.3 is 0 Å². The molecule has 0 saturated carbocycles. The molecule has 0 saturated heterocycles. The molecule has 0 N–H and O–H groups in total. The van der Waals surface area contributed by atoms with Crippen molar-refractivity contribution in [2.24, 2.45) is 0 Å². The van der Waals surface area contributed by atoms with Crippen molar-refractivity contribution in [2.75, 3.05) is 0 Å². The number of hydrogen-bond donors (Lipinski definition) is 0. The number of ether oxygens (including phenoxy) is 1. The lowest BCUT2D eigenvalue weighted by atomic mass is 10.1. The summed E-state index contributed by atoms with van der Waals surface area (Å²) in [7, 11) is 0. The minimum atomic E-state index is 0.596. The third-order valence-electron chi connectivity index (χ3n) is 3.13. The smallest absolute Gasteiger partial charge is 0.119 e. The fourth-order valence-corrected chi connectivity index (χ4v) is 2.06. The Hall–Kier alpha value is -2.48. The molecule has 1 heterocycles. The lowest BCUT2D eigenvalue weighted by molar-refractivity contribution is 0.306. The van der Waals surface area contributed by atoms with Crippen molar-refractivity contribution >= 4 is 0 Å². The average molecular weight is 264 g/mol. The van der Waals surface area contributed by atoms with Crippen LogP contribution in [0.2, 0.25) is 0 Å². The van der Waals surface area contributed by atoms with Crippen LogP contribution in [0.3, 0.4) is 0 Å². The lowest BCUT2D eigenvalue weighted by Crippen LogP contribution is -1.95. The van der Waals surface area contributed by atoms with E-state index in [0.717, 1.165) is 17.9 Å². The van der Waals surface area contributed by atoms with E-state index >= 15 is 0 Å². The Morgan fingerprint density at radius 1 is 0.750 bits per heavy atom. The zero-order chi connectivity index (χ0) is 13.6. The summed E-state index contributed by atoms with van der Waals surface area (Å²) in [6.45, 7) is 0.596. The maximum Gasteiger partial charge on any atom is 0.119 e. The van der Waals surface area contributed by atoms with Crippen LogP contribution in [-0.4, -0.2) is 0 Å². The van der Waals surface area contributed by atoms with Crippen molar-refractivity contribution in [1.82, 2.24) is 0 Å². The standard InChI is InChI=1S/C18H16O2/c1-2-5-16(6-3-1)14-20-17-10-8-15(9-11-17)13-18-7-4-12-19-18/h1-12H,13-14H2. The van der Waals surface area contributed by atoms with Gasteiger partial charge in [0, 0.05) is 6.42 Å². The maximum atomic E-state index is 5.76. The molecule has 2 aromatic carbocycles. The topological polar surface area (TPSA) is 22.4 Å². The van der Waals surface area contributed by atoms with Crippen LogP contribution in [0.4, 0.5) is 0 Å². The zero-order valence-electron chi connectivity index (χ0n) is 11.2. The Morgan fingerprint density at radius 3 is 2.25 bits per heavy atom. The predicted octanol–water partition coefficient (Wildman–Crippen LogP) is 4.45. The van der Waals surface area contributed by atoms with Gasteiger partial charge in [-0.05, 0) is 35.4 Å². The van der Waals surface area contributed by atoms with E-state index in [-0.39, 0.29) is 0 Å². The van der Waals surface area contributed by atoms with Crippen molar-refractivity contribution in [3.63, 3.8) is 0 Å². The first kappa shape index (κ1) is 12.5. The van der Waals surface area contributed by atoms with Gasteiger partial charge in [0.25, 0.3) is 0 Å². The molecular weight excluding hydrogens is 248 g/mol. The summed E-state index contributed by atoms with van der Waals surface area (Å²) in [5.74, 6) is 1.86. The third-order valence-corrected chi connectivity index (χ3v) is 3.13. The average Bonchev–Trinajstić information content (AvgIpc) is 3.01. The van der Waals surface area contributed by atoms with Crippen LogP contribution in [0.5, 0.6) is 5.75 Å². The summed E-state index contributed by atoms with van der Waals surface area (Å²) in [6, 6.07) is 22.2. The number of rotatable bonds is 5. The zero-order valence-corrected chi connectivity index (χ0v) is 11.2. The molecule has 0 aliphatic rings. The summed E-state index contributed by atoms with van der Waals surface area (Å²) in [6.07, 6.45) is 2.51. The summed E-state index contributed by atoms with van der Waals surface area (Å²) >= 11 is 0. The van der Waals surface area contributed by atoms with Crippen molar-refractivity contribution < 1.29 is 9.15 Å². The van der Waals surface area contributed by atoms with Gasteiger partial charge in [-0.15, -0.1) is 0 Å². The molecule has 0 aliphatic heterocycles. The Labute approximate surface area is 118 Å². The second-order valence-corrected chi connectivity index (χ2v) is 4.67. The van der Waals surface area contributed by atoms with Crippen LogP contribution >= 0.6 is 0 Å². The molecule has 0 fully saturated rings. The summed E-state index contributed by atoms with van der Waals surface area (Å²) in [5.41, 5.74) is 2.39. The van der Waals surface area contributed by atoms with Crippen LogP contribution in [0.1, 0.15) is 16.9 Å². The van der Waals surface area contributed by atoms with Gasteiger partial charge in [-0.1, -0.05) is 42.5 Å². The van der Waals surface area contributed by atoms with Crippen LogP contribution in [0.15, 0.2) is 77.4 Å². The van der Waals surface area contributed by atoms with Crippen LogP contribution < -0.4 is 4.74 Å². The molecule has 0 radical (unpaired) electrons. The summed E-state index contributed by atoms with van der Waals surface area (Å²) in [5, 5.41) is 0. The second kappa shape index (κ2) is 6.11. The van der Waals surface area contributed by atoms with Gasteiger partial charge in [0.1, 0.15) is 18.1 Å². The van der Waals surface area contributed by atoms with Gasteiger partial charge in [-0.25, -0.2) is 0 Å². The lowest BCUT2D eigenvalue weighted by Gasteiger charge is -2.07. The molecule has 0 bridgehead atoms. The number of furan rings is 1. The molecular formula is C18H16O2. The molecule has 0 aliphatic carbocycles. The van der Waals surface area contributed by atoms with Crippen LogP contribution in [-0.2, 0) is 13.0 Å². The van der Waals surface area contributed by atoms with E-state index in [1.807, 2.05) is 42.5 Å². The van der Waals surface area contributed by atoms with E-state index in [1.165, 1.54) is 11.1 Å². The van der Waals surface area contributed by atoms with E-state index in [1.54, 1.807) is 6.26 Å². The van der Waals surface area contributed by atoms with Crippen molar-refractivity contribution in [2.45, 2.75) is 13.0 Å². The van der Waals surface area contributed by atoms with Gasteiger partial charge in [-0.2, -0.15) is 0 Å². The van der Waals surface area contributed by atoms with Crippen molar-refractivity contribution in [3.05, 3.63) is 89.9 Å². The first-order chi connectivity index (χ1) is 9.90. The minimum Gasteiger partial charge on any atom is -0.489 e. The summed E-state index contributed by atoms with van der Waals surface area (Å²) < 4.78 is 11.1. The molecule has 2 heteroatoms. The minimum absolute atomic E-state index is 0.596. The SMILES string of the molecule is c1ccc(COc2ccc(Cc3ccco3)cc2)cc1. The number of benzene rings is 2. The highest BCUT2D eigenvalue weighted by Crippen LogP contribution is 2.16. The molecule has 20 heavy (non-hydrogen) atoms. The van der Waals surface area contributed by atoms with Gasteiger partial charge < -0.3 is 9.15 Å². The Morgan fingerprint density at radius 2 is 1.55 bits per heavy atom. The predicted molar refractivity (Wildman–Crippen MR) is 78.7 cm³/mol. The second-order valence-electron chi connectivity index (χ2n) is 4.67. The highest BCUT2D eigenvalue weighted by atomic mass is 16.5. The molecule has 0 unspecified atom stereocenters. The van der Waals surface area contributed by atoms with Gasteiger partial charge in [0.2, 0.25) is 0 Å². The molecule has 3 rings (SSSR count). The highest BCUT2D eigenvalue weighted by Gasteiger charge is 2.00. The quantitative estimate of drug-likeness (QED) is 0.679. The Kier molecular flexibility index (Phi) is 3.83. The Bertz CT molecular complexity index is 625. The molecule has 0 atom stereocenters. The molecule has 0 amide bonds. The number of hydrogen-bond acceptors (Lipinski definition) is 2. The monoisotopic (exact) mass is 264 g/mol. The van der Waals surface area contributed by atoms with E-state index in [4.69, 9.17) is 9.15 Å².